The molecular formula is C13H18ClNO3. The first-order valence-electron chi connectivity index (χ1n) is 6.11. The molecule has 0 amide bonds. The average Bonchev–Trinajstić information content (AvgIpc) is 2.32. The van der Waals surface area contributed by atoms with E-state index in [-0.39, 0.29) is 17.2 Å². The molecule has 1 aromatic heterocycles. The Balaban J connectivity index is 3.20. The Hall–Kier alpha value is -1.29. The van der Waals surface area contributed by atoms with Gasteiger partial charge in [0, 0.05) is 5.69 Å². The first kappa shape index (κ1) is 14.8. The molecule has 0 aliphatic heterocycles. The highest BCUT2D eigenvalue weighted by Crippen LogP contribution is 2.21. The smallest absolute Gasteiger partial charge is 0.345 e. The van der Waals surface area contributed by atoms with E-state index in [0.717, 1.165) is 30.5 Å². The van der Waals surface area contributed by atoms with Crippen LogP contribution in [-0.2, 0) is 11.2 Å². The third kappa shape index (κ3) is 3.13. The molecule has 0 unspecified atom stereocenters. The second-order valence-electron chi connectivity index (χ2n) is 4.07. The number of aryl methyl sites for hydroxylation is 1. The van der Waals surface area contributed by atoms with Crippen LogP contribution >= 0.6 is 11.6 Å². The van der Waals surface area contributed by atoms with E-state index in [1.54, 1.807) is 13.8 Å². The molecule has 18 heavy (non-hydrogen) atoms. The Bertz CT molecular complexity index is 494. The van der Waals surface area contributed by atoms with Crippen molar-refractivity contribution in [2.24, 2.45) is 0 Å². The number of ether oxygens (including phenoxy) is 1. The molecule has 100 valence electrons. The number of aromatic nitrogens is 1. The minimum atomic E-state index is -0.672. The van der Waals surface area contributed by atoms with Gasteiger partial charge in [-0.05, 0) is 32.3 Å². The molecular weight excluding hydrogens is 254 g/mol. The summed E-state index contributed by atoms with van der Waals surface area (Å²) in [5, 5.41) is 0.198. The van der Waals surface area contributed by atoms with Crippen LogP contribution in [-0.4, -0.2) is 17.6 Å². The van der Waals surface area contributed by atoms with E-state index in [1.165, 1.54) is 0 Å². The largest absolute Gasteiger partial charge is 0.462 e. The number of unbranched alkanes of at least 4 members (excludes halogenated alkanes) is 1. The molecule has 0 saturated heterocycles. The van der Waals surface area contributed by atoms with Crippen molar-refractivity contribution in [1.29, 1.82) is 0 Å². The van der Waals surface area contributed by atoms with Gasteiger partial charge < -0.3 is 9.72 Å². The van der Waals surface area contributed by atoms with Crippen LogP contribution in [0.5, 0.6) is 0 Å². The zero-order valence-corrected chi connectivity index (χ0v) is 11.7. The number of pyridine rings is 1. The maximum atomic E-state index is 11.9. The van der Waals surface area contributed by atoms with E-state index in [4.69, 9.17) is 16.3 Å². The molecule has 0 fully saturated rings. The Morgan fingerprint density at radius 1 is 1.39 bits per heavy atom. The third-order valence-electron chi connectivity index (χ3n) is 2.75. The van der Waals surface area contributed by atoms with Gasteiger partial charge in [-0.25, -0.2) is 4.79 Å². The third-order valence-corrected chi connectivity index (χ3v) is 3.23. The summed E-state index contributed by atoms with van der Waals surface area (Å²) in [7, 11) is 0. The predicted molar refractivity (Wildman–Crippen MR) is 71.4 cm³/mol. The molecule has 1 N–H and O–H groups in total. The van der Waals surface area contributed by atoms with Crippen molar-refractivity contribution >= 4 is 17.6 Å². The van der Waals surface area contributed by atoms with Gasteiger partial charge in [0.1, 0.15) is 5.56 Å². The lowest BCUT2D eigenvalue weighted by molar-refractivity contribution is 0.0524. The molecule has 1 aromatic rings. The summed E-state index contributed by atoms with van der Waals surface area (Å²) in [5.41, 5.74) is 0.957. The lowest BCUT2D eigenvalue weighted by Gasteiger charge is -2.10. The second kappa shape index (κ2) is 6.59. The lowest BCUT2D eigenvalue weighted by atomic mass is 10.1. The van der Waals surface area contributed by atoms with Gasteiger partial charge in [-0.15, -0.1) is 0 Å². The number of H-pyrrole nitrogens is 1. The molecule has 1 rings (SSSR count). The van der Waals surface area contributed by atoms with Crippen molar-refractivity contribution in [2.75, 3.05) is 6.61 Å². The van der Waals surface area contributed by atoms with Crippen LogP contribution in [0.1, 0.15) is 48.3 Å². The number of rotatable bonds is 5. The maximum absolute atomic E-state index is 11.9. The van der Waals surface area contributed by atoms with Gasteiger partial charge in [-0.3, -0.25) is 4.79 Å². The fraction of sp³-hybridized carbons (Fsp3) is 0.538. The number of nitrogens with one attached hydrogen (secondary N) is 1. The van der Waals surface area contributed by atoms with Gasteiger partial charge in [0.05, 0.1) is 11.6 Å². The number of hydrogen-bond acceptors (Lipinski definition) is 3. The number of aromatic amines is 1. The van der Waals surface area contributed by atoms with Crippen LogP contribution in [0.2, 0.25) is 5.02 Å². The zero-order chi connectivity index (χ0) is 13.7. The predicted octanol–water partition coefficient (Wildman–Crippen LogP) is 2.86. The normalized spacial score (nSPS) is 10.4. The van der Waals surface area contributed by atoms with Gasteiger partial charge in [-0.1, -0.05) is 24.9 Å². The Morgan fingerprint density at radius 2 is 2.06 bits per heavy atom. The number of carbonyl (C=O) groups excluding carboxylic acids is 1. The SMILES string of the molecule is CCCCc1[nH]c(=O)c(C(=O)OCC)c(Cl)c1C. The standard InChI is InChI=1S/C13H18ClNO3/c1-4-6-7-9-8(3)11(14)10(12(16)15-9)13(17)18-5-2/h4-7H2,1-3H3,(H,15,16). The van der Waals surface area contributed by atoms with E-state index >= 15 is 0 Å². The zero-order valence-electron chi connectivity index (χ0n) is 10.9. The first-order valence-corrected chi connectivity index (χ1v) is 6.49. The van der Waals surface area contributed by atoms with Crippen LogP contribution in [0.15, 0.2) is 4.79 Å². The van der Waals surface area contributed by atoms with E-state index in [0.29, 0.717) is 0 Å². The first-order chi connectivity index (χ1) is 8.52. The molecule has 4 nitrogen and oxygen atoms in total. The van der Waals surface area contributed by atoms with E-state index in [2.05, 4.69) is 11.9 Å². The molecule has 0 saturated carbocycles. The van der Waals surface area contributed by atoms with Crippen molar-refractivity contribution < 1.29 is 9.53 Å². The number of halogens is 1. The molecule has 0 atom stereocenters. The van der Waals surface area contributed by atoms with E-state index in [9.17, 15) is 9.59 Å². The van der Waals surface area contributed by atoms with Gasteiger partial charge in [0.15, 0.2) is 0 Å². The van der Waals surface area contributed by atoms with Crippen molar-refractivity contribution in [3.63, 3.8) is 0 Å². The summed E-state index contributed by atoms with van der Waals surface area (Å²) in [4.78, 5) is 26.2. The molecule has 0 aromatic carbocycles. The van der Waals surface area contributed by atoms with E-state index < -0.39 is 11.5 Å². The molecule has 5 heteroatoms. The summed E-state index contributed by atoms with van der Waals surface area (Å²) >= 11 is 6.09. The van der Waals surface area contributed by atoms with Crippen molar-refractivity contribution in [3.05, 3.63) is 32.2 Å². The van der Waals surface area contributed by atoms with Crippen molar-refractivity contribution in [3.8, 4) is 0 Å². The second-order valence-corrected chi connectivity index (χ2v) is 4.45. The quantitative estimate of drug-likeness (QED) is 0.838. The summed E-state index contributed by atoms with van der Waals surface area (Å²) in [6, 6.07) is 0. The van der Waals surface area contributed by atoms with E-state index in [1.807, 2.05) is 0 Å². The Morgan fingerprint density at radius 3 is 2.61 bits per heavy atom. The highest BCUT2D eigenvalue weighted by molar-refractivity contribution is 6.34. The minimum Gasteiger partial charge on any atom is -0.462 e. The summed E-state index contributed by atoms with van der Waals surface area (Å²) in [5.74, 6) is -0.672. The molecule has 0 bridgehead atoms. The molecule has 1 heterocycles. The monoisotopic (exact) mass is 271 g/mol. The molecule has 0 radical (unpaired) electrons. The summed E-state index contributed by atoms with van der Waals surface area (Å²) in [6.45, 7) is 5.77. The highest BCUT2D eigenvalue weighted by Gasteiger charge is 2.20. The van der Waals surface area contributed by atoms with Crippen LogP contribution in [0.4, 0.5) is 0 Å². The van der Waals surface area contributed by atoms with Gasteiger partial charge >= 0.3 is 5.97 Å². The average molecular weight is 272 g/mol. The summed E-state index contributed by atoms with van der Waals surface area (Å²) < 4.78 is 4.82. The van der Waals surface area contributed by atoms with Crippen LogP contribution in [0, 0.1) is 6.92 Å². The highest BCUT2D eigenvalue weighted by atomic mass is 35.5. The van der Waals surface area contributed by atoms with Crippen LogP contribution < -0.4 is 5.56 Å². The van der Waals surface area contributed by atoms with Gasteiger partial charge in [-0.2, -0.15) is 0 Å². The van der Waals surface area contributed by atoms with Gasteiger partial charge in [0.25, 0.3) is 5.56 Å². The molecule has 0 spiro atoms. The van der Waals surface area contributed by atoms with Crippen molar-refractivity contribution in [1.82, 2.24) is 4.98 Å². The fourth-order valence-electron chi connectivity index (χ4n) is 1.70. The van der Waals surface area contributed by atoms with Crippen LogP contribution in [0.25, 0.3) is 0 Å². The van der Waals surface area contributed by atoms with Gasteiger partial charge in [0.2, 0.25) is 0 Å². The Kier molecular flexibility index (Phi) is 5.41. The Labute approximate surface area is 111 Å². The topological polar surface area (TPSA) is 59.2 Å². The number of esters is 1. The number of carbonyl (C=O) groups is 1. The molecule has 0 aliphatic carbocycles. The molecule has 0 aliphatic rings. The lowest BCUT2D eigenvalue weighted by Crippen LogP contribution is -2.23. The fourth-order valence-corrected chi connectivity index (χ4v) is 1.98. The maximum Gasteiger partial charge on any atom is 0.345 e. The van der Waals surface area contributed by atoms with Crippen molar-refractivity contribution in [2.45, 2.75) is 40.0 Å². The number of hydrogen-bond donors (Lipinski definition) is 1. The minimum absolute atomic E-state index is 0.101. The van der Waals surface area contributed by atoms with Crippen LogP contribution in [0.3, 0.4) is 0 Å². The summed E-state index contributed by atoms with van der Waals surface area (Å²) in [6.07, 6.45) is 2.74.